The summed E-state index contributed by atoms with van der Waals surface area (Å²) >= 11 is 0. The largest absolute Gasteiger partial charge is 0.496 e. The molecule has 1 aromatic heterocycles. The summed E-state index contributed by atoms with van der Waals surface area (Å²) in [5.74, 6) is 3.10. The van der Waals surface area contributed by atoms with Gasteiger partial charge in [0.1, 0.15) is 23.0 Å². The number of rotatable bonds is 9. The number of nitrogens with one attached hydrogen (secondary N) is 1. The molecule has 0 fully saturated rings. The van der Waals surface area contributed by atoms with Crippen LogP contribution in [0.3, 0.4) is 0 Å². The molecule has 2 rings (SSSR count). The predicted molar refractivity (Wildman–Crippen MR) is 92.9 cm³/mol. The third kappa shape index (κ3) is 4.21. The Labute approximate surface area is 143 Å². The van der Waals surface area contributed by atoms with Gasteiger partial charge in [0, 0.05) is 25.2 Å². The highest BCUT2D eigenvalue weighted by Gasteiger charge is 2.18. The minimum atomic E-state index is 0.148. The lowest BCUT2D eigenvalue weighted by molar-refractivity contribution is 0.249. The number of methoxy groups -OCH3 is 3. The molecular formula is C18H26N2O4. The average molecular weight is 334 g/mol. The van der Waals surface area contributed by atoms with Crippen LogP contribution in [-0.2, 0) is 6.54 Å². The Kier molecular flexibility index (Phi) is 6.52. The highest BCUT2D eigenvalue weighted by molar-refractivity contribution is 5.50. The fourth-order valence-corrected chi connectivity index (χ4v) is 2.60. The fourth-order valence-electron chi connectivity index (χ4n) is 2.60. The van der Waals surface area contributed by atoms with E-state index in [1.807, 2.05) is 38.4 Å². The van der Waals surface area contributed by atoms with Crippen molar-refractivity contribution in [3.8, 4) is 17.2 Å². The monoisotopic (exact) mass is 334 g/mol. The molecule has 0 radical (unpaired) electrons. The zero-order valence-electron chi connectivity index (χ0n) is 15.0. The molecule has 6 heteroatoms. The maximum absolute atomic E-state index is 5.53. The molecule has 6 nitrogen and oxygen atoms in total. The zero-order chi connectivity index (χ0) is 17.5. The summed E-state index contributed by atoms with van der Waals surface area (Å²) < 4.78 is 21.8. The Morgan fingerprint density at radius 2 is 1.75 bits per heavy atom. The van der Waals surface area contributed by atoms with E-state index in [2.05, 4.69) is 10.2 Å². The van der Waals surface area contributed by atoms with Crippen molar-refractivity contribution in [3.05, 3.63) is 41.9 Å². The Morgan fingerprint density at radius 1 is 1.08 bits per heavy atom. The van der Waals surface area contributed by atoms with Crippen LogP contribution in [-0.4, -0.2) is 46.9 Å². The van der Waals surface area contributed by atoms with Gasteiger partial charge in [-0.2, -0.15) is 0 Å². The van der Waals surface area contributed by atoms with Gasteiger partial charge in [0.15, 0.2) is 0 Å². The maximum Gasteiger partial charge on any atom is 0.130 e. The lowest BCUT2D eigenvalue weighted by Gasteiger charge is -2.23. The van der Waals surface area contributed by atoms with E-state index >= 15 is 0 Å². The van der Waals surface area contributed by atoms with Crippen LogP contribution < -0.4 is 19.5 Å². The van der Waals surface area contributed by atoms with E-state index in [4.69, 9.17) is 18.6 Å². The van der Waals surface area contributed by atoms with E-state index in [1.165, 1.54) is 0 Å². The van der Waals surface area contributed by atoms with Crippen LogP contribution in [0.2, 0.25) is 0 Å². The van der Waals surface area contributed by atoms with E-state index in [1.54, 1.807) is 27.6 Å². The minimum Gasteiger partial charge on any atom is -0.496 e. The van der Waals surface area contributed by atoms with Crippen LogP contribution in [0.4, 0.5) is 0 Å². The first-order valence-electron chi connectivity index (χ1n) is 7.80. The van der Waals surface area contributed by atoms with Gasteiger partial charge in [-0.1, -0.05) is 0 Å². The van der Waals surface area contributed by atoms with Gasteiger partial charge in [-0.05, 0) is 26.2 Å². The van der Waals surface area contributed by atoms with Crippen LogP contribution in [0.25, 0.3) is 0 Å². The molecule has 0 aliphatic heterocycles. The number of likely N-dealkylation sites (N-methyl/N-ethyl adjacent to an activating group) is 1. The molecule has 132 valence electrons. The van der Waals surface area contributed by atoms with Crippen molar-refractivity contribution in [2.24, 2.45) is 0 Å². The van der Waals surface area contributed by atoms with Crippen molar-refractivity contribution in [3.63, 3.8) is 0 Å². The molecule has 1 atom stereocenters. The van der Waals surface area contributed by atoms with Gasteiger partial charge in [0.05, 0.1) is 39.2 Å². The molecule has 1 aromatic carbocycles. The molecule has 0 aliphatic carbocycles. The number of nitrogens with zero attached hydrogens (tertiary/aromatic N) is 1. The van der Waals surface area contributed by atoms with Crippen LogP contribution in [0.1, 0.15) is 17.4 Å². The molecule has 0 spiro atoms. The Morgan fingerprint density at radius 3 is 2.21 bits per heavy atom. The van der Waals surface area contributed by atoms with E-state index in [-0.39, 0.29) is 6.04 Å². The molecule has 1 heterocycles. The van der Waals surface area contributed by atoms with Crippen molar-refractivity contribution in [2.45, 2.75) is 12.6 Å². The first-order valence-corrected chi connectivity index (χ1v) is 7.80. The van der Waals surface area contributed by atoms with Crippen LogP contribution >= 0.6 is 0 Å². The molecule has 1 N–H and O–H groups in total. The molecule has 0 bridgehead atoms. The van der Waals surface area contributed by atoms with Gasteiger partial charge in [0.25, 0.3) is 0 Å². The standard InChI is InChI=1S/C18H26N2O4/c1-20(2)15(16-7-6-8-24-16)12-19-11-14-17(22-4)9-13(21-3)10-18(14)23-5/h6-10,15,19H,11-12H2,1-5H3/t15-/m0/s1. The van der Waals surface area contributed by atoms with Crippen molar-refractivity contribution >= 4 is 0 Å². The Bertz CT molecular complexity index is 601. The van der Waals surface area contributed by atoms with Crippen molar-refractivity contribution in [1.29, 1.82) is 0 Å². The molecule has 0 aliphatic rings. The Balaban J connectivity index is 2.10. The summed E-state index contributed by atoms with van der Waals surface area (Å²) in [5.41, 5.74) is 0.956. The highest BCUT2D eigenvalue weighted by atomic mass is 16.5. The number of furan rings is 1. The summed E-state index contributed by atoms with van der Waals surface area (Å²) in [6, 6.07) is 7.75. The number of hydrogen-bond acceptors (Lipinski definition) is 6. The molecule has 24 heavy (non-hydrogen) atoms. The minimum absolute atomic E-state index is 0.148. The second kappa shape index (κ2) is 8.61. The predicted octanol–water partition coefficient (Wildman–Crippen LogP) is 2.70. The first kappa shape index (κ1) is 18.2. The number of benzene rings is 1. The Hall–Kier alpha value is -2.18. The smallest absolute Gasteiger partial charge is 0.130 e. The number of ether oxygens (including phenoxy) is 3. The summed E-state index contributed by atoms with van der Waals surface area (Å²) in [4.78, 5) is 2.12. The van der Waals surface area contributed by atoms with Gasteiger partial charge in [-0.15, -0.1) is 0 Å². The average Bonchev–Trinajstić information content (AvgIpc) is 3.11. The second-order valence-corrected chi connectivity index (χ2v) is 5.64. The molecule has 0 amide bonds. The number of hydrogen-bond donors (Lipinski definition) is 1. The summed E-state index contributed by atoms with van der Waals surface area (Å²) in [6.07, 6.45) is 1.70. The van der Waals surface area contributed by atoms with Crippen molar-refractivity contribution < 1.29 is 18.6 Å². The van der Waals surface area contributed by atoms with Crippen molar-refractivity contribution in [1.82, 2.24) is 10.2 Å². The van der Waals surface area contributed by atoms with Crippen LogP contribution in [0, 0.1) is 0 Å². The molecule has 0 saturated heterocycles. The van der Waals surface area contributed by atoms with Gasteiger partial charge in [0.2, 0.25) is 0 Å². The fraction of sp³-hybridized carbons (Fsp3) is 0.444. The van der Waals surface area contributed by atoms with E-state index in [0.29, 0.717) is 12.3 Å². The normalized spacial score (nSPS) is 12.2. The zero-order valence-corrected chi connectivity index (χ0v) is 15.0. The highest BCUT2D eigenvalue weighted by Crippen LogP contribution is 2.34. The van der Waals surface area contributed by atoms with E-state index < -0.39 is 0 Å². The summed E-state index contributed by atoms with van der Waals surface area (Å²) in [6.45, 7) is 1.35. The molecular weight excluding hydrogens is 308 g/mol. The molecule has 0 unspecified atom stereocenters. The third-order valence-electron chi connectivity index (χ3n) is 3.95. The summed E-state index contributed by atoms with van der Waals surface area (Å²) in [5, 5.41) is 3.46. The van der Waals surface area contributed by atoms with Gasteiger partial charge in [-0.25, -0.2) is 0 Å². The lowest BCUT2D eigenvalue weighted by Crippen LogP contribution is -2.30. The quantitative estimate of drug-likeness (QED) is 0.761. The van der Waals surface area contributed by atoms with Gasteiger partial charge < -0.3 is 23.9 Å². The van der Waals surface area contributed by atoms with Crippen LogP contribution in [0.15, 0.2) is 34.9 Å². The lowest BCUT2D eigenvalue weighted by atomic mass is 10.1. The maximum atomic E-state index is 5.53. The molecule has 0 saturated carbocycles. The second-order valence-electron chi connectivity index (χ2n) is 5.64. The van der Waals surface area contributed by atoms with Crippen molar-refractivity contribution in [2.75, 3.05) is 42.0 Å². The van der Waals surface area contributed by atoms with Gasteiger partial charge >= 0.3 is 0 Å². The van der Waals surface area contributed by atoms with E-state index in [0.717, 1.165) is 29.4 Å². The third-order valence-corrected chi connectivity index (χ3v) is 3.95. The molecule has 2 aromatic rings. The first-order chi connectivity index (χ1) is 11.6. The van der Waals surface area contributed by atoms with Crippen LogP contribution in [0.5, 0.6) is 17.2 Å². The SMILES string of the molecule is COc1cc(OC)c(CNC[C@@H](c2ccco2)N(C)C)c(OC)c1. The summed E-state index contributed by atoms with van der Waals surface area (Å²) in [7, 11) is 8.97. The van der Waals surface area contributed by atoms with E-state index in [9.17, 15) is 0 Å². The van der Waals surface area contributed by atoms with Gasteiger partial charge in [-0.3, -0.25) is 4.90 Å². The topological polar surface area (TPSA) is 56.1 Å².